The quantitative estimate of drug-likeness (QED) is 0.351. The molecule has 0 saturated carbocycles. The number of fused-ring (bicyclic) bond motifs is 1. The van der Waals surface area contributed by atoms with Crippen LogP contribution in [0.5, 0.6) is 0 Å². The molecule has 34 heavy (non-hydrogen) atoms. The highest BCUT2D eigenvalue weighted by atomic mass is 32.2. The van der Waals surface area contributed by atoms with Gasteiger partial charge in [-0.05, 0) is 59.7 Å². The van der Waals surface area contributed by atoms with Gasteiger partial charge in [0.1, 0.15) is 5.52 Å². The summed E-state index contributed by atoms with van der Waals surface area (Å²) in [5.41, 5.74) is 4.39. The summed E-state index contributed by atoms with van der Waals surface area (Å²) < 4.78 is 30.1. The van der Waals surface area contributed by atoms with Crippen LogP contribution >= 0.6 is 0 Å². The van der Waals surface area contributed by atoms with E-state index in [1.54, 1.807) is 18.2 Å². The smallest absolute Gasteiger partial charge is 0.256 e. The van der Waals surface area contributed by atoms with Crippen LogP contribution in [0.25, 0.3) is 33.7 Å². The molecule has 5 rings (SSSR count). The van der Waals surface area contributed by atoms with Crippen molar-refractivity contribution >= 4 is 32.5 Å². The minimum Gasteiger partial charge on any atom is -0.436 e. The van der Waals surface area contributed by atoms with E-state index in [0.717, 1.165) is 22.9 Å². The van der Waals surface area contributed by atoms with Crippen LogP contribution in [0, 0.1) is 0 Å². The first-order valence-electron chi connectivity index (χ1n) is 10.6. The predicted molar refractivity (Wildman–Crippen MR) is 132 cm³/mol. The molecule has 0 aliphatic carbocycles. The summed E-state index contributed by atoms with van der Waals surface area (Å²) in [5.74, 6) is 0.105. The van der Waals surface area contributed by atoms with E-state index < -0.39 is 9.84 Å². The van der Waals surface area contributed by atoms with Crippen LogP contribution in [0.15, 0.2) is 106 Å². The molecule has 4 aromatic carbocycles. The number of aromatic nitrogens is 1. The fraction of sp³-hybridized carbons (Fsp3) is 0.0370. The van der Waals surface area contributed by atoms with E-state index in [4.69, 9.17) is 4.42 Å². The molecule has 0 spiro atoms. The minimum absolute atomic E-state index is 0.154. The van der Waals surface area contributed by atoms with Gasteiger partial charge in [0, 0.05) is 23.1 Å². The van der Waals surface area contributed by atoms with Crippen molar-refractivity contribution in [1.82, 2.24) is 4.98 Å². The van der Waals surface area contributed by atoms with Crippen LogP contribution in [0.4, 0.5) is 5.69 Å². The minimum atomic E-state index is -3.43. The molecule has 1 amide bonds. The monoisotopic (exact) mass is 468 g/mol. The summed E-state index contributed by atoms with van der Waals surface area (Å²) in [4.78, 5) is 17.9. The van der Waals surface area contributed by atoms with Gasteiger partial charge in [0.2, 0.25) is 5.89 Å². The van der Waals surface area contributed by atoms with Gasteiger partial charge in [0.25, 0.3) is 5.91 Å². The van der Waals surface area contributed by atoms with Crippen LogP contribution < -0.4 is 5.32 Å². The maximum absolute atomic E-state index is 13.3. The molecule has 1 aromatic heterocycles. The summed E-state index contributed by atoms with van der Waals surface area (Å²) in [6.07, 6.45) is 1.15. The molecule has 7 heteroatoms. The molecule has 1 heterocycles. The zero-order valence-electron chi connectivity index (χ0n) is 18.2. The molecule has 6 nitrogen and oxygen atoms in total. The zero-order valence-corrected chi connectivity index (χ0v) is 19.0. The number of hydrogen-bond donors (Lipinski definition) is 1. The highest BCUT2D eigenvalue weighted by molar-refractivity contribution is 7.90. The molecule has 168 valence electrons. The third-order valence-electron chi connectivity index (χ3n) is 5.41. The van der Waals surface area contributed by atoms with Gasteiger partial charge in [0.05, 0.1) is 4.90 Å². The van der Waals surface area contributed by atoms with Crippen molar-refractivity contribution in [3.05, 3.63) is 103 Å². The van der Waals surface area contributed by atoms with Gasteiger partial charge in [-0.15, -0.1) is 0 Å². The molecule has 0 aliphatic heterocycles. The largest absolute Gasteiger partial charge is 0.436 e. The van der Waals surface area contributed by atoms with Crippen molar-refractivity contribution in [2.45, 2.75) is 4.90 Å². The second-order valence-electron chi connectivity index (χ2n) is 7.87. The number of carbonyl (C=O) groups excluding carboxylic acids is 1. The van der Waals surface area contributed by atoms with Crippen molar-refractivity contribution in [3.63, 3.8) is 0 Å². The number of nitrogens with zero attached hydrogens (tertiary/aromatic N) is 1. The lowest BCUT2D eigenvalue weighted by Gasteiger charge is -2.13. The normalized spacial score (nSPS) is 11.4. The van der Waals surface area contributed by atoms with Crippen molar-refractivity contribution in [1.29, 1.82) is 0 Å². The highest BCUT2D eigenvalue weighted by Gasteiger charge is 2.18. The van der Waals surface area contributed by atoms with E-state index in [9.17, 15) is 13.2 Å². The Morgan fingerprint density at radius 1 is 0.824 bits per heavy atom. The summed E-state index contributed by atoms with van der Waals surface area (Å²) in [6, 6.07) is 28.5. The second kappa shape index (κ2) is 8.61. The molecular weight excluding hydrogens is 448 g/mol. The third-order valence-corrected chi connectivity index (χ3v) is 6.52. The number of nitrogens with one attached hydrogen (secondary N) is 1. The topological polar surface area (TPSA) is 89.3 Å². The Labute approximate surface area is 196 Å². The molecule has 5 aromatic rings. The van der Waals surface area contributed by atoms with Crippen molar-refractivity contribution in [3.8, 4) is 22.6 Å². The standard InChI is InChI=1S/C27H20N2O4S/c1-34(31,32)21-14-15-22(23(17-21)18-8-3-2-4-9-18)26(30)28-20-11-7-10-19(16-20)27-29-24-12-5-6-13-25(24)33-27/h2-17H,1H3,(H,28,30). The summed E-state index contributed by atoms with van der Waals surface area (Å²) >= 11 is 0. The number of para-hydroxylation sites is 2. The van der Waals surface area contributed by atoms with Gasteiger partial charge < -0.3 is 9.73 Å². The number of carbonyl (C=O) groups is 1. The molecule has 0 atom stereocenters. The Morgan fingerprint density at radius 2 is 1.56 bits per heavy atom. The van der Waals surface area contributed by atoms with E-state index in [1.165, 1.54) is 12.1 Å². The lowest BCUT2D eigenvalue weighted by molar-refractivity contribution is 0.102. The van der Waals surface area contributed by atoms with Gasteiger partial charge in [-0.1, -0.05) is 48.5 Å². The average Bonchev–Trinajstić information content (AvgIpc) is 3.28. The highest BCUT2D eigenvalue weighted by Crippen LogP contribution is 2.29. The maximum Gasteiger partial charge on any atom is 0.256 e. The molecular formula is C27H20N2O4S. The maximum atomic E-state index is 13.3. The Morgan fingerprint density at radius 3 is 2.32 bits per heavy atom. The van der Waals surface area contributed by atoms with E-state index in [0.29, 0.717) is 28.3 Å². The summed E-state index contributed by atoms with van der Waals surface area (Å²) in [5, 5.41) is 2.91. The van der Waals surface area contributed by atoms with E-state index in [-0.39, 0.29) is 10.8 Å². The molecule has 0 bridgehead atoms. The first kappa shape index (κ1) is 21.6. The molecule has 0 radical (unpaired) electrons. The van der Waals surface area contributed by atoms with Gasteiger partial charge in [-0.3, -0.25) is 4.79 Å². The average molecular weight is 469 g/mol. The van der Waals surface area contributed by atoms with Gasteiger partial charge >= 0.3 is 0 Å². The lowest BCUT2D eigenvalue weighted by atomic mass is 9.99. The molecule has 0 fully saturated rings. The lowest BCUT2D eigenvalue weighted by Crippen LogP contribution is -2.14. The van der Waals surface area contributed by atoms with Crippen LogP contribution in [0.1, 0.15) is 10.4 Å². The van der Waals surface area contributed by atoms with Gasteiger partial charge in [-0.2, -0.15) is 0 Å². The van der Waals surface area contributed by atoms with Crippen molar-refractivity contribution in [2.24, 2.45) is 0 Å². The van der Waals surface area contributed by atoms with Crippen LogP contribution in [-0.4, -0.2) is 25.6 Å². The van der Waals surface area contributed by atoms with Gasteiger partial charge in [0.15, 0.2) is 15.4 Å². The van der Waals surface area contributed by atoms with Crippen LogP contribution in [0.3, 0.4) is 0 Å². The molecule has 0 unspecified atom stereocenters. The SMILES string of the molecule is CS(=O)(=O)c1ccc(C(=O)Nc2cccc(-c3nc4ccccc4o3)c2)c(-c2ccccc2)c1. The summed E-state index contributed by atoms with van der Waals surface area (Å²) in [7, 11) is -3.43. The number of hydrogen-bond acceptors (Lipinski definition) is 5. The van der Waals surface area contributed by atoms with Crippen molar-refractivity contribution < 1.29 is 17.6 Å². The fourth-order valence-corrected chi connectivity index (χ4v) is 4.38. The number of anilines is 1. The van der Waals surface area contributed by atoms with E-state index >= 15 is 0 Å². The molecule has 1 N–H and O–H groups in total. The predicted octanol–water partition coefficient (Wildman–Crippen LogP) is 5.82. The van der Waals surface area contributed by atoms with Crippen LogP contribution in [0.2, 0.25) is 0 Å². The Balaban J connectivity index is 1.49. The van der Waals surface area contributed by atoms with Crippen LogP contribution in [-0.2, 0) is 9.84 Å². The van der Waals surface area contributed by atoms with Gasteiger partial charge in [-0.25, -0.2) is 13.4 Å². The second-order valence-corrected chi connectivity index (χ2v) is 9.88. The number of sulfone groups is 1. The molecule has 0 saturated heterocycles. The Kier molecular flexibility index (Phi) is 5.47. The van der Waals surface area contributed by atoms with E-state index in [2.05, 4.69) is 10.3 Å². The zero-order chi connectivity index (χ0) is 23.7. The summed E-state index contributed by atoms with van der Waals surface area (Å²) in [6.45, 7) is 0. The number of oxazole rings is 1. The Hall–Kier alpha value is -4.23. The van der Waals surface area contributed by atoms with E-state index in [1.807, 2.05) is 66.7 Å². The fourth-order valence-electron chi connectivity index (χ4n) is 3.73. The first-order valence-corrected chi connectivity index (χ1v) is 12.4. The number of rotatable bonds is 5. The number of amides is 1. The Bertz CT molecular complexity index is 1590. The van der Waals surface area contributed by atoms with Crippen molar-refractivity contribution in [2.75, 3.05) is 11.6 Å². The number of benzene rings is 4. The third kappa shape index (κ3) is 4.33. The molecule has 0 aliphatic rings. The first-order chi connectivity index (χ1) is 16.4.